The summed E-state index contributed by atoms with van der Waals surface area (Å²) in [6.45, 7) is 6.05. The minimum atomic E-state index is -2.68. The third-order valence-corrected chi connectivity index (χ3v) is 9.44. The molecule has 0 unspecified atom stereocenters. The predicted octanol–water partition coefficient (Wildman–Crippen LogP) is 2.29. The van der Waals surface area contributed by atoms with Crippen LogP contribution in [0.4, 0.5) is 4.39 Å². The Bertz CT molecular complexity index is 1240. The van der Waals surface area contributed by atoms with Crippen molar-refractivity contribution in [3.63, 3.8) is 0 Å². The van der Waals surface area contributed by atoms with Crippen LogP contribution in [0, 0.1) is 22.7 Å². The molecule has 4 aliphatic rings. The summed E-state index contributed by atoms with van der Waals surface area (Å²) in [5.41, 5.74) is -7.88. The number of halogens is 1. The molecule has 11 heteroatoms. The van der Waals surface area contributed by atoms with E-state index in [1.54, 1.807) is 6.92 Å². The normalized spacial score (nSPS) is 39.8. The van der Waals surface area contributed by atoms with Crippen molar-refractivity contribution in [2.45, 2.75) is 90.2 Å². The van der Waals surface area contributed by atoms with Gasteiger partial charge in [0.25, 0.3) is 0 Å². The first-order valence-corrected chi connectivity index (χ1v) is 13.5. The lowest BCUT2D eigenvalue weighted by atomic mass is 9.44. The molecule has 0 amide bonds. The first-order chi connectivity index (χ1) is 18.6. The molecular formula is C29H35FO10. The summed E-state index contributed by atoms with van der Waals surface area (Å²) in [7, 11) is 0. The van der Waals surface area contributed by atoms with E-state index in [0.717, 1.165) is 13.8 Å². The van der Waals surface area contributed by atoms with Crippen molar-refractivity contribution in [3.8, 4) is 0 Å². The number of ether oxygens (including phenoxy) is 3. The number of carbonyl (C=O) groups is 6. The van der Waals surface area contributed by atoms with Gasteiger partial charge in [-0.25, -0.2) is 4.39 Å². The van der Waals surface area contributed by atoms with Gasteiger partial charge in [-0.15, -0.1) is 0 Å². The fraction of sp³-hybridized carbons (Fsp3) is 0.655. The van der Waals surface area contributed by atoms with E-state index in [1.165, 1.54) is 32.1 Å². The highest BCUT2D eigenvalue weighted by Crippen LogP contribution is 2.69. The Balaban J connectivity index is 1.93. The van der Waals surface area contributed by atoms with Crippen molar-refractivity contribution in [2.75, 3.05) is 6.61 Å². The van der Waals surface area contributed by atoms with Crippen LogP contribution >= 0.6 is 0 Å². The van der Waals surface area contributed by atoms with Crippen LogP contribution < -0.4 is 0 Å². The number of fused-ring (bicyclic) bond motifs is 5. The number of hydrogen-bond donors (Lipinski definition) is 1. The maximum Gasteiger partial charge on any atom is 0.306 e. The highest BCUT2D eigenvalue weighted by atomic mass is 19.1. The van der Waals surface area contributed by atoms with E-state index in [9.17, 15) is 33.9 Å². The van der Waals surface area contributed by atoms with Gasteiger partial charge in [-0.3, -0.25) is 28.8 Å². The number of ketones is 3. The summed E-state index contributed by atoms with van der Waals surface area (Å²) < 4.78 is 33.9. The van der Waals surface area contributed by atoms with E-state index in [1.807, 2.05) is 0 Å². The molecule has 218 valence electrons. The summed E-state index contributed by atoms with van der Waals surface area (Å²) in [6.07, 6.45) is 0.221. The quantitative estimate of drug-likeness (QED) is 0.362. The molecule has 0 heterocycles. The van der Waals surface area contributed by atoms with Crippen LogP contribution in [0.3, 0.4) is 0 Å². The summed E-state index contributed by atoms with van der Waals surface area (Å²) in [5, 5.41) is 11.4. The van der Waals surface area contributed by atoms with Crippen LogP contribution in [-0.2, 0) is 43.0 Å². The maximum atomic E-state index is 17.5. The molecule has 3 saturated carbocycles. The smallest absolute Gasteiger partial charge is 0.306 e. The van der Waals surface area contributed by atoms with Gasteiger partial charge >= 0.3 is 17.9 Å². The third-order valence-electron chi connectivity index (χ3n) is 9.44. The van der Waals surface area contributed by atoms with Gasteiger partial charge in [-0.1, -0.05) is 25.5 Å². The monoisotopic (exact) mass is 562 g/mol. The van der Waals surface area contributed by atoms with Crippen molar-refractivity contribution in [2.24, 2.45) is 22.7 Å². The second-order valence-electron chi connectivity index (χ2n) is 11.7. The van der Waals surface area contributed by atoms with Crippen LogP contribution in [-0.4, -0.2) is 70.4 Å². The Kier molecular flexibility index (Phi) is 7.45. The zero-order valence-electron chi connectivity index (χ0n) is 23.3. The number of Topliss-reactive ketones (excluding diaryl/α,β-unsaturated/α-hetero) is 2. The van der Waals surface area contributed by atoms with Crippen molar-refractivity contribution in [3.05, 3.63) is 23.8 Å². The number of carbonyl (C=O) groups excluding carboxylic acids is 6. The Morgan fingerprint density at radius 3 is 2.40 bits per heavy atom. The number of alkyl halides is 1. The number of hydrogen-bond acceptors (Lipinski definition) is 10. The average molecular weight is 563 g/mol. The van der Waals surface area contributed by atoms with Gasteiger partial charge < -0.3 is 19.3 Å². The standard InChI is InChI=1S/C29H35FO10/c1-6-7-24(37)40-29(22(36)14-38-15(2)31)23(39-16(3)32)12-19-25-20(34)11-17-10-18(33)8-9-26(17,4)28(25,30)21(35)13-27(19,29)5/h8-10,19-20,23,25,34H,6-7,11-14H2,1-5H3/t19-,20-,23+,25+,26-,27-,28+,29-/m0/s1. The molecular weight excluding hydrogens is 527 g/mol. The van der Waals surface area contributed by atoms with Crippen LogP contribution in [0.25, 0.3) is 0 Å². The molecule has 0 aliphatic heterocycles. The second-order valence-corrected chi connectivity index (χ2v) is 11.7. The summed E-state index contributed by atoms with van der Waals surface area (Å²) in [4.78, 5) is 76.9. The van der Waals surface area contributed by atoms with E-state index in [4.69, 9.17) is 14.2 Å². The Morgan fingerprint density at radius 2 is 1.80 bits per heavy atom. The van der Waals surface area contributed by atoms with Crippen LogP contribution in [0.15, 0.2) is 23.8 Å². The predicted molar refractivity (Wildman–Crippen MR) is 135 cm³/mol. The highest BCUT2D eigenvalue weighted by Gasteiger charge is 2.80. The van der Waals surface area contributed by atoms with Gasteiger partial charge in [0.1, 0.15) is 6.10 Å². The molecule has 8 atom stereocenters. The van der Waals surface area contributed by atoms with E-state index in [0.29, 0.717) is 6.42 Å². The Morgan fingerprint density at radius 1 is 1.12 bits per heavy atom. The number of aliphatic hydroxyl groups is 1. The van der Waals surface area contributed by atoms with Gasteiger partial charge in [0.15, 0.2) is 23.8 Å². The summed E-state index contributed by atoms with van der Waals surface area (Å²) in [6, 6.07) is 0. The molecule has 0 bridgehead atoms. The molecule has 3 fully saturated rings. The molecule has 0 radical (unpaired) electrons. The van der Waals surface area contributed by atoms with Gasteiger partial charge in [0.05, 0.1) is 6.10 Å². The molecule has 0 aromatic heterocycles. The Hall–Kier alpha value is -3.21. The van der Waals surface area contributed by atoms with E-state index >= 15 is 4.39 Å². The molecule has 0 aromatic carbocycles. The maximum absolute atomic E-state index is 17.5. The van der Waals surface area contributed by atoms with E-state index in [2.05, 4.69) is 0 Å². The van der Waals surface area contributed by atoms with E-state index < -0.39 is 88.6 Å². The zero-order valence-corrected chi connectivity index (χ0v) is 23.3. The third kappa shape index (κ3) is 4.07. The molecule has 4 rings (SSSR count). The average Bonchev–Trinajstić information content (AvgIpc) is 3.07. The van der Waals surface area contributed by atoms with Crippen molar-refractivity contribution < 1.29 is 52.5 Å². The minimum absolute atomic E-state index is 0.103. The largest absolute Gasteiger partial charge is 0.458 e. The van der Waals surface area contributed by atoms with Gasteiger partial charge in [-0.05, 0) is 44.3 Å². The minimum Gasteiger partial charge on any atom is -0.458 e. The van der Waals surface area contributed by atoms with Gasteiger partial charge in [0, 0.05) is 43.4 Å². The summed E-state index contributed by atoms with van der Waals surface area (Å²) >= 11 is 0. The number of allylic oxidation sites excluding steroid dienone is 3. The fourth-order valence-electron chi connectivity index (χ4n) is 7.68. The number of esters is 3. The fourth-order valence-corrected chi connectivity index (χ4v) is 7.68. The SMILES string of the molecule is CCCC(=O)O[C@@]1(C(=O)COC(C)=O)[C@H](OC(C)=O)C[C@H]2[C@@H]3[C@@H](O)CC4=CC(=O)C=C[C@]4(C)[C@@]3(F)C(=O)C[C@@]21C. The van der Waals surface area contributed by atoms with Crippen molar-refractivity contribution in [1.82, 2.24) is 0 Å². The zero-order chi connectivity index (χ0) is 29.8. The van der Waals surface area contributed by atoms with Crippen LogP contribution in [0.2, 0.25) is 0 Å². The van der Waals surface area contributed by atoms with Crippen molar-refractivity contribution in [1.29, 1.82) is 0 Å². The van der Waals surface area contributed by atoms with Crippen molar-refractivity contribution >= 4 is 35.3 Å². The lowest BCUT2D eigenvalue weighted by Crippen LogP contribution is -2.71. The molecule has 40 heavy (non-hydrogen) atoms. The molecule has 0 spiro atoms. The van der Waals surface area contributed by atoms with E-state index in [-0.39, 0.29) is 30.6 Å². The highest BCUT2D eigenvalue weighted by molar-refractivity contribution is 6.03. The van der Waals surface area contributed by atoms with Gasteiger partial charge in [0.2, 0.25) is 11.4 Å². The molecule has 1 N–H and O–H groups in total. The number of rotatable bonds is 7. The van der Waals surface area contributed by atoms with Crippen LogP contribution in [0.5, 0.6) is 0 Å². The first-order valence-electron chi connectivity index (χ1n) is 13.5. The summed E-state index contributed by atoms with van der Waals surface area (Å²) in [5.74, 6) is -7.04. The lowest BCUT2D eigenvalue weighted by molar-refractivity contribution is -0.218. The Labute approximate surface area is 231 Å². The second kappa shape index (κ2) is 10.0. The van der Waals surface area contributed by atoms with Crippen LogP contribution in [0.1, 0.15) is 66.7 Å². The topological polar surface area (TPSA) is 150 Å². The molecule has 10 nitrogen and oxygen atoms in total. The molecule has 0 saturated heterocycles. The molecule has 4 aliphatic carbocycles. The molecule has 0 aromatic rings. The first kappa shape index (κ1) is 29.8. The number of aliphatic hydroxyl groups excluding tert-OH is 1. The lowest BCUT2D eigenvalue weighted by Gasteiger charge is -2.60. The van der Waals surface area contributed by atoms with Gasteiger partial charge in [-0.2, -0.15) is 0 Å².